The number of guanidine groups is 1. The van der Waals surface area contributed by atoms with Crippen LogP contribution >= 0.6 is 0 Å². The highest BCUT2D eigenvalue weighted by atomic mass is 15.2. The van der Waals surface area contributed by atoms with Gasteiger partial charge in [0.15, 0.2) is 5.96 Å². The van der Waals surface area contributed by atoms with Gasteiger partial charge in [0.1, 0.15) is 0 Å². The lowest BCUT2D eigenvalue weighted by Crippen LogP contribution is -2.40. The van der Waals surface area contributed by atoms with E-state index in [4.69, 9.17) is 0 Å². The van der Waals surface area contributed by atoms with Crippen LogP contribution in [0.2, 0.25) is 0 Å². The molecule has 1 aliphatic heterocycles. The molecule has 0 aromatic carbocycles. The van der Waals surface area contributed by atoms with Crippen LogP contribution in [0.25, 0.3) is 0 Å². The van der Waals surface area contributed by atoms with Crippen LogP contribution in [0.1, 0.15) is 52.4 Å². The molecule has 4 nitrogen and oxygen atoms in total. The summed E-state index contributed by atoms with van der Waals surface area (Å²) in [6, 6.07) is 1.44. The number of piperidine rings is 1. The van der Waals surface area contributed by atoms with Crippen molar-refractivity contribution < 1.29 is 0 Å². The van der Waals surface area contributed by atoms with Crippen LogP contribution in [0, 0.1) is 5.92 Å². The van der Waals surface area contributed by atoms with Crippen LogP contribution in [-0.2, 0) is 0 Å². The van der Waals surface area contributed by atoms with E-state index < -0.39 is 0 Å². The second-order valence-electron chi connectivity index (χ2n) is 6.55. The van der Waals surface area contributed by atoms with Gasteiger partial charge in [0.25, 0.3) is 0 Å². The molecule has 2 fully saturated rings. The van der Waals surface area contributed by atoms with E-state index in [0.29, 0.717) is 6.04 Å². The second kappa shape index (κ2) is 7.87. The van der Waals surface area contributed by atoms with Crippen molar-refractivity contribution in [3.8, 4) is 0 Å². The first-order chi connectivity index (χ1) is 9.70. The summed E-state index contributed by atoms with van der Waals surface area (Å²) in [5, 5.41) is 6.90. The van der Waals surface area contributed by atoms with Crippen LogP contribution in [0.15, 0.2) is 4.99 Å². The van der Waals surface area contributed by atoms with E-state index in [0.717, 1.165) is 24.5 Å². The Hall–Kier alpha value is -0.770. The minimum absolute atomic E-state index is 0.649. The fourth-order valence-electron chi connectivity index (χ4n) is 3.03. The monoisotopic (exact) mass is 280 g/mol. The molecule has 1 saturated heterocycles. The van der Waals surface area contributed by atoms with Gasteiger partial charge < -0.3 is 15.5 Å². The number of unbranched alkanes of at least 4 members (excludes halogenated alkanes) is 1. The average Bonchev–Trinajstić information content (AvgIpc) is 3.14. The minimum atomic E-state index is 0.649. The van der Waals surface area contributed by atoms with Crippen LogP contribution in [0.3, 0.4) is 0 Å². The van der Waals surface area contributed by atoms with Crippen LogP contribution < -0.4 is 10.6 Å². The Bertz CT molecular complexity index is 316. The number of nitrogens with zero attached hydrogens (tertiary/aromatic N) is 2. The first-order valence-electron chi connectivity index (χ1n) is 8.42. The van der Waals surface area contributed by atoms with E-state index in [1.807, 2.05) is 7.05 Å². The molecule has 4 heteroatoms. The highest BCUT2D eigenvalue weighted by molar-refractivity contribution is 5.80. The van der Waals surface area contributed by atoms with Gasteiger partial charge in [-0.15, -0.1) is 0 Å². The normalized spacial score (nSPS) is 31.1. The van der Waals surface area contributed by atoms with Crippen molar-refractivity contribution in [3.63, 3.8) is 0 Å². The Morgan fingerprint density at radius 3 is 2.70 bits per heavy atom. The van der Waals surface area contributed by atoms with Gasteiger partial charge in [0.2, 0.25) is 0 Å². The van der Waals surface area contributed by atoms with E-state index in [2.05, 4.69) is 34.4 Å². The largest absolute Gasteiger partial charge is 0.356 e. The van der Waals surface area contributed by atoms with Gasteiger partial charge in [-0.3, -0.25) is 4.99 Å². The number of likely N-dealkylation sites (tertiary alicyclic amines) is 1. The number of hydrogen-bond donors (Lipinski definition) is 2. The minimum Gasteiger partial charge on any atom is -0.356 e. The van der Waals surface area contributed by atoms with Crippen molar-refractivity contribution >= 4 is 5.96 Å². The van der Waals surface area contributed by atoms with Gasteiger partial charge >= 0.3 is 0 Å². The summed E-state index contributed by atoms with van der Waals surface area (Å²) in [5.41, 5.74) is 0. The Kier molecular flexibility index (Phi) is 6.14. The zero-order chi connectivity index (χ0) is 14.4. The van der Waals surface area contributed by atoms with Gasteiger partial charge in [-0.1, -0.05) is 13.3 Å². The van der Waals surface area contributed by atoms with E-state index >= 15 is 0 Å². The van der Waals surface area contributed by atoms with Crippen LogP contribution in [-0.4, -0.2) is 49.6 Å². The molecule has 1 aliphatic carbocycles. The average molecular weight is 280 g/mol. The molecule has 20 heavy (non-hydrogen) atoms. The molecule has 0 spiro atoms. The maximum absolute atomic E-state index is 4.29. The van der Waals surface area contributed by atoms with Crippen molar-refractivity contribution in [2.45, 2.75) is 64.5 Å². The first-order valence-corrected chi connectivity index (χ1v) is 8.42. The lowest BCUT2D eigenvalue weighted by molar-refractivity contribution is 0.158. The maximum atomic E-state index is 4.29. The molecule has 0 radical (unpaired) electrons. The fourth-order valence-corrected chi connectivity index (χ4v) is 3.03. The highest BCUT2D eigenvalue weighted by Crippen LogP contribution is 2.28. The van der Waals surface area contributed by atoms with Gasteiger partial charge in [0, 0.05) is 25.7 Å². The van der Waals surface area contributed by atoms with Crippen LogP contribution in [0.5, 0.6) is 0 Å². The first kappa shape index (κ1) is 15.6. The molecule has 1 saturated carbocycles. The lowest BCUT2D eigenvalue weighted by Gasteiger charge is -2.33. The molecule has 3 atom stereocenters. The summed E-state index contributed by atoms with van der Waals surface area (Å²) in [7, 11) is 1.86. The molecule has 0 amide bonds. The zero-order valence-electron chi connectivity index (χ0n) is 13.5. The Labute approximate surface area is 124 Å². The molecule has 0 aromatic heterocycles. The van der Waals surface area contributed by atoms with Crippen molar-refractivity contribution in [1.29, 1.82) is 0 Å². The van der Waals surface area contributed by atoms with E-state index in [9.17, 15) is 0 Å². The third-order valence-corrected chi connectivity index (χ3v) is 4.76. The third kappa shape index (κ3) is 4.97. The van der Waals surface area contributed by atoms with Gasteiger partial charge in [0.05, 0.1) is 0 Å². The van der Waals surface area contributed by atoms with Crippen molar-refractivity contribution in [2.24, 2.45) is 10.9 Å². The summed E-state index contributed by atoms with van der Waals surface area (Å²) >= 11 is 0. The second-order valence-corrected chi connectivity index (χ2v) is 6.55. The molecule has 1 heterocycles. The molecule has 0 bridgehead atoms. The molecule has 0 aromatic rings. The standard InChI is InChI=1S/C16H32N4/c1-13-12-15(13)19-16(17-3)18-9-5-7-11-20-10-6-4-8-14(20)2/h13-15H,4-12H2,1-3H3,(H2,17,18,19). The van der Waals surface area contributed by atoms with E-state index in [1.165, 1.54) is 51.6 Å². The summed E-state index contributed by atoms with van der Waals surface area (Å²) in [4.78, 5) is 6.94. The fraction of sp³-hybridized carbons (Fsp3) is 0.938. The smallest absolute Gasteiger partial charge is 0.191 e. The lowest BCUT2D eigenvalue weighted by atomic mass is 10.0. The molecular formula is C16H32N4. The summed E-state index contributed by atoms with van der Waals surface area (Å²) < 4.78 is 0. The molecule has 2 rings (SSSR count). The van der Waals surface area contributed by atoms with Crippen molar-refractivity contribution in [2.75, 3.05) is 26.7 Å². The summed E-state index contributed by atoms with van der Waals surface area (Å²) in [6.45, 7) is 8.25. The molecule has 2 aliphatic rings. The van der Waals surface area contributed by atoms with E-state index in [1.54, 1.807) is 0 Å². The number of nitrogens with one attached hydrogen (secondary N) is 2. The predicted octanol–water partition coefficient (Wildman–Crippen LogP) is 2.21. The van der Waals surface area contributed by atoms with E-state index in [-0.39, 0.29) is 0 Å². The third-order valence-electron chi connectivity index (χ3n) is 4.76. The van der Waals surface area contributed by atoms with Crippen molar-refractivity contribution in [1.82, 2.24) is 15.5 Å². The number of aliphatic imine (C=N–C) groups is 1. The topological polar surface area (TPSA) is 39.7 Å². The quantitative estimate of drug-likeness (QED) is 0.445. The maximum Gasteiger partial charge on any atom is 0.191 e. The zero-order valence-corrected chi connectivity index (χ0v) is 13.5. The van der Waals surface area contributed by atoms with Crippen LogP contribution in [0.4, 0.5) is 0 Å². The Morgan fingerprint density at radius 2 is 2.05 bits per heavy atom. The van der Waals surface area contributed by atoms with Gasteiger partial charge in [-0.25, -0.2) is 0 Å². The molecular weight excluding hydrogens is 248 g/mol. The molecule has 116 valence electrons. The highest BCUT2D eigenvalue weighted by Gasteiger charge is 2.33. The van der Waals surface area contributed by atoms with Crippen molar-refractivity contribution in [3.05, 3.63) is 0 Å². The number of rotatable bonds is 6. The predicted molar refractivity (Wildman–Crippen MR) is 86.2 cm³/mol. The van der Waals surface area contributed by atoms with Gasteiger partial charge in [-0.05, 0) is 58.0 Å². The summed E-state index contributed by atoms with van der Waals surface area (Å²) in [5.74, 6) is 1.79. The summed E-state index contributed by atoms with van der Waals surface area (Å²) in [6.07, 6.45) is 7.99. The number of hydrogen-bond acceptors (Lipinski definition) is 2. The SMILES string of the molecule is CN=C(NCCCCN1CCCCC1C)NC1CC1C. The Morgan fingerprint density at radius 1 is 1.25 bits per heavy atom. The Balaban J connectivity index is 1.52. The molecule has 3 unspecified atom stereocenters. The van der Waals surface area contributed by atoms with Gasteiger partial charge in [-0.2, -0.15) is 0 Å². The molecule has 2 N–H and O–H groups in total.